The molecule has 4 fully saturated rings. The molecule has 0 radical (unpaired) electrons. The molecule has 20 heavy (non-hydrogen) atoms. The van der Waals surface area contributed by atoms with Crippen molar-refractivity contribution in [3.8, 4) is 0 Å². The van der Waals surface area contributed by atoms with Crippen molar-refractivity contribution in [2.24, 2.45) is 29.1 Å². The Morgan fingerprint density at radius 3 is 2.75 bits per heavy atom. The molecular formula is C18H29NS. The van der Waals surface area contributed by atoms with Crippen LogP contribution in [0.3, 0.4) is 0 Å². The lowest BCUT2D eigenvalue weighted by Crippen LogP contribution is -2.53. The first-order valence-corrected chi connectivity index (χ1v) is 9.72. The van der Waals surface area contributed by atoms with E-state index >= 15 is 0 Å². The van der Waals surface area contributed by atoms with Crippen LogP contribution < -0.4 is 0 Å². The van der Waals surface area contributed by atoms with Gasteiger partial charge in [0.05, 0.1) is 0 Å². The van der Waals surface area contributed by atoms with Crippen LogP contribution in [-0.2, 0) is 0 Å². The minimum Gasteiger partial charge on any atom is -0.310 e. The summed E-state index contributed by atoms with van der Waals surface area (Å²) in [5.74, 6) is 5.24. The van der Waals surface area contributed by atoms with E-state index in [9.17, 15) is 0 Å². The third kappa shape index (κ3) is 1.79. The molecule has 0 aromatic carbocycles. The van der Waals surface area contributed by atoms with Gasteiger partial charge in [-0.15, -0.1) is 0 Å². The van der Waals surface area contributed by atoms with Gasteiger partial charge in [-0.3, -0.25) is 0 Å². The van der Waals surface area contributed by atoms with Gasteiger partial charge >= 0.3 is 0 Å². The summed E-state index contributed by atoms with van der Waals surface area (Å²) >= 11 is 2.28. The molecule has 0 bridgehead atoms. The van der Waals surface area contributed by atoms with Crippen LogP contribution >= 0.6 is 11.8 Å². The third-order valence-electron chi connectivity index (χ3n) is 7.72. The number of nitrogens with one attached hydrogen (secondary N) is 1. The molecule has 6 atom stereocenters. The first-order chi connectivity index (χ1) is 9.53. The van der Waals surface area contributed by atoms with Gasteiger partial charge in [0.15, 0.2) is 0 Å². The van der Waals surface area contributed by atoms with Crippen LogP contribution in [0.2, 0.25) is 0 Å². The van der Waals surface area contributed by atoms with Gasteiger partial charge in [0.2, 0.25) is 0 Å². The van der Waals surface area contributed by atoms with Crippen LogP contribution in [0.4, 0.5) is 0 Å². The molecule has 112 valence electrons. The van der Waals surface area contributed by atoms with E-state index in [1.54, 1.807) is 0 Å². The van der Waals surface area contributed by atoms with Gasteiger partial charge in [0.1, 0.15) is 0 Å². The van der Waals surface area contributed by atoms with Crippen molar-refractivity contribution in [1.29, 1.82) is 5.41 Å². The fraction of sp³-hybridized carbons (Fsp3) is 0.944. The zero-order chi connectivity index (χ0) is 14.0. The summed E-state index contributed by atoms with van der Waals surface area (Å²) < 4.78 is 0.617. The average Bonchev–Trinajstić information content (AvgIpc) is 2.81. The van der Waals surface area contributed by atoms with E-state index in [-0.39, 0.29) is 0 Å². The largest absolute Gasteiger partial charge is 0.310 e. The summed E-state index contributed by atoms with van der Waals surface area (Å²) in [5, 5.41) is 8.08. The fourth-order valence-electron chi connectivity index (χ4n) is 6.48. The molecule has 1 N–H and O–H groups in total. The van der Waals surface area contributed by atoms with E-state index in [0.29, 0.717) is 10.2 Å². The van der Waals surface area contributed by atoms with Crippen LogP contribution in [0, 0.1) is 34.5 Å². The standard InChI is InChI=1S/C18H29NS/c1-17-8-5-13(19)11-12(17)3-4-14-15(17)6-9-18(2)16(14)7-10-20-18/h12,14-16,19H,3-11H2,1-2H3/t12?,14?,15?,16?,17-,18-/m0/s1. The summed E-state index contributed by atoms with van der Waals surface area (Å²) in [6.45, 7) is 5.17. The number of hydrogen-bond acceptors (Lipinski definition) is 2. The Morgan fingerprint density at radius 1 is 1.05 bits per heavy atom. The number of rotatable bonds is 0. The maximum absolute atomic E-state index is 8.08. The Bertz CT molecular complexity index is 433. The minimum absolute atomic E-state index is 0.571. The molecular weight excluding hydrogens is 262 g/mol. The maximum Gasteiger partial charge on any atom is 0.0163 e. The molecule has 4 rings (SSSR count). The van der Waals surface area contributed by atoms with Crippen molar-refractivity contribution >= 4 is 17.5 Å². The summed E-state index contributed by atoms with van der Waals surface area (Å²) in [6.07, 6.45) is 10.8. The van der Waals surface area contributed by atoms with E-state index in [2.05, 4.69) is 25.6 Å². The molecule has 0 amide bonds. The highest BCUT2D eigenvalue weighted by molar-refractivity contribution is 8.00. The molecule has 1 nitrogen and oxygen atoms in total. The fourth-order valence-corrected chi connectivity index (χ4v) is 8.09. The van der Waals surface area contributed by atoms with Gasteiger partial charge in [-0.2, -0.15) is 11.8 Å². The Hall–Kier alpha value is 0.0200. The predicted octanol–water partition coefficient (Wildman–Crippen LogP) is 5.14. The van der Waals surface area contributed by atoms with Crippen LogP contribution in [0.15, 0.2) is 0 Å². The number of fused-ring (bicyclic) bond motifs is 5. The molecule has 3 aliphatic carbocycles. The zero-order valence-corrected chi connectivity index (χ0v) is 13.9. The topological polar surface area (TPSA) is 23.9 Å². The summed E-state index contributed by atoms with van der Waals surface area (Å²) in [4.78, 5) is 0. The second kappa shape index (κ2) is 4.51. The molecule has 1 aliphatic heterocycles. The van der Waals surface area contributed by atoms with Gasteiger partial charge in [-0.1, -0.05) is 13.8 Å². The molecule has 1 saturated heterocycles. The first-order valence-electron chi connectivity index (χ1n) is 8.73. The van der Waals surface area contributed by atoms with Crippen molar-refractivity contribution in [1.82, 2.24) is 0 Å². The molecule has 4 aliphatic rings. The Balaban J connectivity index is 1.64. The Labute approximate surface area is 128 Å². The van der Waals surface area contributed by atoms with E-state index in [1.807, 2.05) is 0 Å². The monoisotopic (exact) mass is 291 g/mol. The normalized spacial score (nSPS) is 55.0. The smallest absolute Gasteiger partial charge is 0.0163 e. The van der Waals surface area contributed by atoms with Gasteiger partial charge in [-0.25, -0.2) is 0 Å². The first kappa shape index (κ1) is 13.7. The third-order valence-corrected chi connectivity index (χ3v) is 9.32. The molecule has 0 aromatic rings. The second-order valence-electron chi connectivity index (χ2n) is 8.45. The van der Waals surface area contributed by atoms with Gasteiger partial charge in [0.25, 0.3) is 0 Å². The van der Waals surface area contributed by atoms with Crippen molar-refractivity contribution < 1.29 is 0 Å². The zero-order valence-electron chi connectivity index (χ0n) is 13.1. The quantitative estimate of drug-likeness (QED) is 0.656. The number of thioether (sulfide) groups is 1. The molecule has 1 heterocycles. The summed E-state index contributed by atoms with van der Waals surface area (Å²) in [6, 6.07) is 0. The van der Waals surface area contributed by atoms with E-state index in [0.717, 1.165) is 42.2 Å². The number of hydrogen-bond donors (Lipinski definition) is 1. The van der Waals surface area contributed by atoms with Gasteiger partial charge in [-0.05, 0) is 86.2 Å². The molecule has 3 saturated carbocycles. The molecule has 4 unspecified atom stereocenters. The van der Waals surface area contributed by atoms with Crippen molar-refractivity contribution in [2.45, 2.75) is 70.0 Å². The van der Waals surface area contributed by atoms with Crippen LogP contribution in [-0.4, -0.2) is 16.2 Å². The van der Waals surface area contributed by atoms with Crippen molar-refractivity contribution in [3.63, 3.8) is 0 Å². The summed E-state index contributed by atoms with van der Waals surface area (Å²) in [5.41, 5.74) is 1.62. The van der Waals surface area contributed by atoms with Crippen molar-refractivity contribution in [3.05, 3.63) is 0 Å². The Kier molecular flexibility index (Phi) is 3.08. The lowest BCUT2D eigenvalue weighted by atomic mass is 9.47. The van der Waals surface area contributed by atoms with E-state index in [4.69, 9.17) is 5.41 Å². The van der Waals surface area contributed by atoms with Crippen LogP contribution in [0.5, 0.6) is 0 Å². The van der Waals surface area contributed by atoms with Gasteiger partial charge < -0.3 is 5.41 Å². The van der Waals surface area contributed by atoms with Crippen LogP contribution in [0.1, 0.15) is 65.2 Å². The lowest BCUT2D eigenvalue weighted by molar-refractivity contribution is -0.0660. The maximum atomic E-state index is 8.08. The highest BCUT2D eigenvalue weighted by Crippen LogP contribution is 2.65. The van der Waals surface area contributed by atoms with E-state index in [1.165, 1.54) is 44.3 Å². The SMILES string of the molecule is C[C@]12CCC(=N)CC1CCC1C2CC[C@]2(C)SCCC12. The second-order valence-corrected chi connectivity index (χ2v) is 10.1. The highest BCUT2D eigenvalue weighted by atomic mass is 32.2. The highest BCUT2D eigenvalue weighted by Gasteiger charge is 2.57. The van der Waals surface area contributed by atoms with E-state index < -0.39 is 0 Å². The predicted molar refractivity (Wildman–Crippen MR) is 87.6 cm³/mol. The molecule has 0 aromatic heterocycles. The van der Waals surface area contributed by atoms with Gasteiger partial charge in [0, 0.05) is 10.5 Å². The van der Waals surface area contributed by atoms with Crippen LogP contribution in [0.25, 0.3) is 0 Å². The minimum atomic E-state index is 0.571. The molecule has 0 spiro atoms. The summed E-state index contributed by atoms with van der Waals surface area (Å²) in [7, 11) is 0. The lowest BCUT2D eigenvalue weighted by Gasteiger charge is -2.59. The molecule has 2 heteroatoms. The average molecular weight is 292 g/mol. The Morgan fingerprint density at radius 2 is 1.90 bits per heavy atom. The van der Waals surface area contributed by atoms with Crippen molar-refractivity contribution in [2.75, 3.05) is 5.75 Å².